The second-order valence-electron chi connectivity index (χ2n) is 3.75. The van der Waals surface area contributed by atoms with E-state index >= 15 is 0 Å². The fraction of sp³-hybridized carbons (Fsp3) is 0.250. The van der Waals surface area contributed by atoms with Gasteiger partial charge in [-0.2, -0.15) is 0 Å². The fourth-order valence-corrected chi connectivity index (χ4v) is 1.50. The van der Waals surface area contributed by atoms with E-state index in [2.05, 4.69) is 15.3 Å². The lowest BCUT2D eigenvalue weighted by atomic mass is 10.2. The Morgan fingerprint density at radius 2 is 2.41 bits per heavy atom. The standard InChI is InChI=1S/C12H13N3O2/c1-9(7-10-3-2-6-17-10)15-12(16)11-8-13-4-5-14-11/h2-6,8-9H,7H2,1H3,(H,15,16). The third-order valence-corrected chi connectivity index (χ3v) is 2.26. The number of nitrogens with zero attached hydrogens (tertiary/aromatic N) is 2. The Morgan fingerprint density at radius 3 is 3.06 bits per heavy atom. The topological polar surface area (TPSA) is 68.0 Å². The van der Waals surface area contributed by atoms with Crippen molar-refractivity contribution in [2.24, 2.45) is 0 Å². The Morgan fingerprint density at radius 1 is 1.53 bits per heavy atom. The molecule has 0 spiro atoms. The molecule has 0 saturated heterocycles. The summed E-state index contributed by atoms with van der Waals surface area (Å²) in [6, 6.07) is 3.69. The minimum atomic E-state index is -0.225. The number of aromatic nitrogens is 2. The van der Waals surface area contributed by atoms with Gasteiger partial charge in [0, 0.05) is 24.9 Å². The van der Waals surface area contributed by atoms with Crippen molar-refractivity contribution in [1.82, 2.24) is 15.3 Å². The smallest absolute Gasteiger partial charge is 0.271 e. The van der Waals surface area contributed by atoms with Gasteiger partial charge in [0.1, 0.15) is 11.5 Å². The zero-order chi connectivity index (χ0) is 12.1. The summed E-state index contributed by atoms with van der Waals surface area (Å²) >= 11 is 0. The molecular weight excluding hydrogens is 218 g/mol. The van der Waals surface area contributed by atoms with Gasteiger partial charge in [0.25, 0.3) is 5.91 Å². The third-order valence-electron chi connectivity index (χ3n) is 2.26. The summed E-state index contributed by atoms with van der Waals surface area (Å²) in [5.74, 6) is 0.620. The lowest BCUT2D eigenvalue weighted by Crippen LogP contribution is -2.34. The van der Waals surface area contributed by atoms with Gasteiger partial charge in [0.15, 0.2) is 0 Å². The predicted molar refractivity (Wildman–Crippen MR) is 61.4 cm³/mol. The Kier molecular flexibility index (Phi) is 3.49. The summed E-state index contributed by atoms with van der Waals surface area (Å²) < 4.78 is 5.21. The van der Waals surface area contributed by atoms with Crippen molar-refractivity contribution in [3.63, 3.8) is 0 Å². The predicted octanol–water partition coefficient (Wildman–Crippen LogP) is 1.43. The number of hydrogen-bond acceptors (Lipinski definition) is 4. The van der Waals surface area contributed by atoms with E-state index in [1.165, 1.54) is 18.6 Å². The molecule has 0 aliphatic rings. The Bertz CT molecular complexity index is 468. The van der Waals surface area contributed by atoms with E-state index in [4.69, 9.17) is 4.42 Å². The Labute approximate surface area is 98.9 Å². The molecule has 1 unspecified atom stereocenters. The van der Waals surface area contributed by atoms with Crippen molar-refractivity contribution in [3.05, 3.63) is 48.4 Å². The number of carbonyl (C=O) groups is 1. The molecule has 0 aliphatic carbocycles. The van der Waals surface area contributed by atoms with Gasteiger partial charge in [-0.15, -0.1) is 0 Å². The number of furan rings is 1. The first-order chi connectivity index (χ1) is 8.25. The van der Waals surface area contributed by atoms with E-state index in [0.717, 1.165) is 5.76 Å². The third kappa shape index (κ3) is 3.14. The van der Waals surface area contributed by atoms with Crippen LogP contribution >= 0.6 is 0 Å². The minimum Gasteiger partial charge on any atom is -0.469 e. The SMILES string of the molecule is CC(Cc1ccco1)NC(=O)c1cnccn1. The average molecular weight is 231 g/mol. The van der Waals surface area contributed by atoms with Crippen molar-refractivity contribution < 1.29 is 9.21 Å². The molecule has 5 nitrogen and oxygen atoms in total. The highest BCUT2D eigenvalue weighted by atomic mass is 16.3. The van der Waals surface area contributed by atoms with Crippen LogP contribution < -0.4 is 5.32 Å². The van der Waals surface area contributed by atoms with Crippen molar-refractivity contribution in [2.45, 2.75) is 19.4 Å². The zero-order valence-electron chi connectivity index (χ0n) is 9.46. The van der Waals surface area contributed by atoms with Gasteiger partial charge in [0.05, 0.1) is 12.5 Å². The van der Waals surface area contributed by atoms with E-state index in [1.807, 2.05) is 19.1 Å². The van der Waals surface area contributed by atoms with Crippen LogP contribution in [-0.4, -0.2) is 21.9 Å². The summed E-state index contributed by atoms with van der Waals surface area (Å²) in [7, 11) is 0. The molecule has 0 saturated carbocycles. The van der Waals surface area contributed by atoms with Crippen LogP contribution in [0.15, 0.2) is 41.4 Å². The van der Waals surface area contributed by atoms with Crippen LogP contribution in [0.4, 0.5) is 0 Å². The normalized spacial score (nSPS) is 12.1. The summed E-state index contributed by atoms with van der Waals surface area (Å²) in [6.07, 6.45) is 6.73. The van der Waals surface area contributed by atoms with Crippen molar-refractivity contribution in [2.75, 3.05) is 0 Å². The Hall–Kier alpha value is -2.17. The van der Waals surface area contributed by atoms with Crippen LogP contribution in [0.25, 0.3) is 0 Å². The quantitative estimate of drug-likeness (QED) is 0.864. The first-order valence-electron chi connectivity index (χ1n) is 5.35. The highest BCUT2D eigenvalue weighted by Crippen LogP contribution is 2.04. The first kappa shape index (κ1) is 11.3. The van der Waals surface area contributed by atoms with Crippen molar-refractivity contribution in [1.29, 1.82) is 0 Å². The van der Waals surface area contributed by atoms with Crippen LogP contribution in [0.5, 0.6) is 0 Å². The number of hydrogen-bond donors (Lipinski definition) is 1. The van der Waals surface area contributed by atoms with Gasteiger partial charge in [-0.3, -0.25) is 9.78 Å². The highest BCUT2D eigenvalue weighted by molar-refractivity contribution is 5.92. The van der Waals surface area contributed by atoms with Gasteiger partial charge < -0.3 is 9.73 Å². The molecule has 1 atom stereocenters. The molecule has 2 aromatic rings. The fourth-order valence-electron chi connectivity index (χ4n) is 1.50. The number of rotatable bonds is 4. The summed E-state index contributed by atoms with van der Waals surface area (Å²) in [6.45, 7) is 1.91. The lowest BCUT2D eigenvalue weighted by Gasteiger charge is -2.11. The van der Waals surface area contributed by atoms with Gasteiger partial charge >= 0.3 is 0 Å². The molecule has 2 heterocycles. The van der Waals surface area contributed by atoms with Crippen LogP contribution in [0, 0.1) is 0 Å². The first-order valence-corrected chi connectivity index (χ1v) is 5.35. The molecule has 2 aromatic heterocycles. The van der Waals surface area contributed by atoms with Gasteiger partial charge in [-0.1, -0.05) is 0 Å². The molecule has 88 valence electrons. The minimum absolute atomic E-state index is 0.0179. The monoisotopic (exact) mass is 231 g/mol. The molecule has 17 heavy (non-hydrogen) atoms. The van der Waals surface area contributed by atoms with E-state index in [-0.39, 0.29) is 11.9 Å². The molecule has 2 rings (SSSR count). The zero-order valence-corrected chi connectivity index (χ0v) is 9.46. The largest absolute Gasteiger partial charge is 0.469 e. The maximum atomic E-state index is 11.7. The molecule has 5 heteroatoms. The molecular formula is C12H13N3O2. The summed E-state index contributed by atoms with van der Waals surface area (Å²) in [4.78, 5) is 19.5. The van der Waals surface area contributed by atoms with E-state index in [1.54, 1.807) is 6.26 Å². The van der Waals surface area contributed by atoms with Crippen molar-refractivity contribution in [3.8, 4) is 0 Å². The average Bonchev–Trinajstić information content (AvgIpc) is 2.82. The van der Waals surface area contributed by atoms with Crippen LogP contribution in [0.1, 0.15) is 23.2 Å². The molecule has 0 aromatic carbocycles. The Balaban J connectivity index is 1.91. The molecule has 1 amide bonds. The molecule has 0 aliphatic heterocycles. The van der Waals surface area contributed by atoms with Gasteiger partial charge in [0.2, 0.25) is 0 Å². The number of nitrogens with one attached hydrogen (secondary N) is 1. The molecule has 0 fully saturated rings. The second-order valence-corrected chi connectivity index (χ2v) is 3.75. The summed E-state index contributed by atoms with van der Waals surface area (Å²) in [5, 5.41) is 2.83. The number of amides is 1. The molecule has 1 N–H and O–H groups in total. The maximum Gasteiger partial charge on any atom is 0.271 e. The molecule has 0 bridgehead atoms. The van der Waals surface area contributed by atoms with Crippen LogP contribution in [0.3, 0.4) is 0 Å². The second kappa shape index (κ2) is 5.25. The highest BCUT2D eigenvalue weighted by Gasteiger charge is 2.12. The molecule has 0 radical (unpaired) electrons. The van der Waals surface area contributed by atoms with Crippen LogP contribution in [0.2, 0.25) is 0 Å². The van der Waals surface area contributed by atoms with E-state index in [9.17, 15) is 4.79 Å². The van der Waals surface area contributed by atoms with E-state index < -0.39 is 0 Å². The maximum absolute atomic E-state index is 11.7. The lowest BCUT2D eigenvalue weighted by molar-refractivity contribution is 0.0934. The summed E-state index contributed by atoms with van der Waals surface area (Å²) in [5.41, 5.74) is 0.318. The van der Waals surface area contributed by atoms with Crippen LogP contribution in [-0.2, 0) is 6.42 Å². The van der Waals surface area contributed by atoms with Gasteiger partial charge in [-0.05, 0) is 19.1 Å². The van der Waals surface area contributed by atoms with Gasteiger partial charge in [-0.25, -0.2) is 4.98 Å². The van der Waals surface area contributed by atoms with E-state index in [0.29, 0.717) is 12.1 Å². The van der Waals surface area contributed by atoms with Crippen molar-refractivity contribution >= 4 is 5.91 Å². The number of carbonyl (C=O) groups excluding carboxylic acids is 1.